The molecule has 2 rings (SSSR count). The predicted molar refractivity (Wildman–Crippen MR) is 154 cm³/mol. The Hall–Kier alpha value is -1.05. The molecule has 10 heteroatoms. The van der Waals surface area contributed by atoms with E-state index in [1.807, 2.05) is 0 Å². The Kier molecular flexibility index (Phi) is 10.8. The van der Waals surface area contributed by atoms with Crippen molar-refractivity contribution in [3.63, 3.8) is 0 Å². The minimum absolute atomic E-state index is 0.288. The summed E-state index contributed by atoms with van der Waals surface area (Å²) in [6.07, 6.45) is -1.89. The second kappa shape index (κ2) is 12.4. The van der Waals surface area contributed by atoms with Gasteiger partial charge in [0.15, 0.2) is 14.5 Å². The van der Waals surface area contributed by atoms with Crippen molar-refractivity contribution in [2.24, 2.45) is 0 Å². The summed E-state index contributed by atoms with van der Waals surface area (Å²) in [6, 6.07) is 1.26. The zero-order valence-corrected chi connectivity index (χ0v) is 27.1. The van der Waals surface area contributed by atoms with E-state index in [0.717, 1.165) is 0 Å². The van der Waals surface area contributed by atoms with Gasteiger partial charge in [0, 0.05) is 12.3 Å². The second-order valence-corrected chi connectivity index (χ2v) is 23.5. The summed E-state index contributed by atoms with van der Waals surface area (Å²) < 4.78 is 21.6. The van der Waals surface area contributed by atoms with Crippen LogP contribution in [0.25, 0.3) is 0 Å². The molecule has 0 saturated carbocycles. The van der Waals surface area contributed by atoms with Gasteiger partial charge in [-0.3, -0.25) is 14.3 Å². The maximum atomic E-state index is 12.6. The molecule has 0 aromatic carbocycles. The fourth-order valence-corrected chi connectivity index (χ4v) is 18.3. The third kappa shape index (κ3) is 6.09. The number of nitrogens with one attached hydrogen (secondary N) is 1. The lowest BCUT2D eigenvalue weighted by atomic mass is 10.1. The van der Waals surface area contributed by atoms with Gasteiger partial charge in [-0.2, -0.15) is 0 Å². The maximum Gasteiger partial charge on any atom is 0.330 e. The fourth-order valence-electron chi connectivity index (χ4n) is 7.23. The molecule has 214 valence electrons. The van der Waals surface area contributed by atoms with Crippen LogP contribution in [0.2, 0.25) is 33.2 Å². The van der Waals surface area contributed by atoms with Crippen LogP contribution in [0, 0.1) is 0 Å². The molecule has 1 aromatic heterocycles. The van der Waals surface area contributed by atoms with Crippen molar-refractivity contribution in [3.8, 4) is 0 Å². The van der Waals surface area contributed by atoms with Crippen molar-refractivity contribution in [2.75, 3.05) is 6.61 Å². The van der Waals surface area contributed by atoms with Gasteiger partial charge in [0.1, 0.15) is 18.3 Å². The van der Waals surface area contributed by atoms with Crippen LogP contribution < -0.4 is 11.2 Å². The molecule has 0 amide bonds. The normalized spacial score (nSPS) is 23.5. The Labute approximate surface area is 225 Å². The molecule has 2 N–H and O–H groups in total. The average molecular weight is 557 g/mol. The highest BCUT2D eigenvalue weighted by Gasteiger charge is 2.55. The van der Waals surface area contributed by atoms with Crippen LogP contribution in [0.15, 0.2) is 21.9 Å². The van der Waals surface area contributed by atoms with Crippen LogP contribution in [0.4, 0.5) is 0 Å². The molecule has 2 heterocycles. The fraction of sp³-hybridized carbons (Fsp3) is 0.852. The summed E-state index contributed by atoms with van der Waals surface area (Å²) in [4.78, 5) is 26.6. The molecule has 0 bridgehead atoms. The van der Waals surface area contributed by atoms with Gasteiger partial charge in [-0.15, -0.1) is 0 Å². The Morgan fingerprint density at radius 1 is 0.865 bits per heavy atom. The van der Waals surface area contributed by atoms with Crippen molar-refractivity contribution in [2.45, 2.75) is 141 Å². The van der Waals surface area contributed by atoms with Crippen LogP contribution in [0.5, 0.6) is 0 Å². The first kappa shape index (κ1) is 32.2. The van der Waals surface area contributed by atoms with Crippen molar-refractivity contribution in [3.05, 3.63) is 33.1 Å². The van der Waals surface area contributed by atoms with E-state index in [4.69, 9.17) is 13.6 Å². The zero-order valence-electron chi connectivity index (χ0n) is 25.1. The van der Waals surface area contributed by atoms with Gasteiger partial charge in [0.25, 0.3) is 5.56 Å². The van der Waals surface area contributed by atoms with Gasteiger partial charge < -0.3 is 18.7 Å². The number of aromatic nitrogens is 2. The van der Waals surface area contributed by atoms with Crippen molar-refractivity contribution < 1.29 is 18.7 Å². The van der Waals surface area contributed by atoms with Gasteiger partial charge in [0.05, 0.1) is 6.61 Å². The molecular weight excluding hydrogens is 504 g/mol. The molecule has 8 nitrogen and oxygen atoms in total. The number of H-pyrrole nitrogens is 1. The van der Waals surface area contributed by atoms with Crippen molar-refractivity contribution >= 4 is 16.6 Å². The summed E-state index contributed by atoms with van der Waals surface area (Å²) in [5.74, 6) is 0. The quantitative estimate of drug-likeness (QED) is 0.327. The van der Waals surface area contributed by atoms with Crippen LogP contribution in [0.3, 0.4) is 0 Å². The lowest BCUT2D eigenvalue weighted by Crippen LogP contribution is -2.55. The van der Waals surface area contributed by atoms with E-state index in [1.54, 1.807) is 0 Å². The number of ether oxygens (including phenoxy) is 1. The van der Waals surface area contributed by atoms with E-state index in [2.05, 4.69) is 88.1 Å². The van der Waals surface area contributed by atoms with E-state index in [9.17, 15) is 14.7 Å². The number of hydrogen-bond acceptors (Lipinski definition) is 6. The number of aliphatic hydroxyl groups is 1. The summed E-state index contributed by atoms with van der Waals surface area (Å²) in [5, 5.41) is 11.6. The number of rotatable bonds is 12. The summed E-state index contributed by atoms with van der Waals surface area (Å²) in [6.45, 7) is 27.0. The van der Waals surface area contributed by atoms with Gasteiger partial charge in [-0.1, -0.05) is 83.1 Å². The molecular formula is C27H52N2O6Si2. The van der Waals surface area contributed by atoms with E-state index < -0.39 is 52.4 Å². The maximum absolute atomic E-state index is 12.6. The highest BCUT2D eigenvalue weighted by atomic mass is 28.4. The number of aromatic amines is 1. The summed E-state index contributed by atoms with van der Waals surface area (Å²) in [7, 11) is -4.61. The van der Waals surface area contributed by atoms with Crippen LogP contribution in [-0.4, -0.2) is 56.2 Å². The van der Waals surface area contributed by atoms with E-state index in [-0.39, 0.29) is 6.61 Å². The van der Waals surface area contributed by atoms with E-state index >= 15 is 0 Å². The highest BCUT2D eigenvalue weighted by molar-refractivity contribution is 6.78. The van der Waals surface area contributed by atoms with E-state index in [0.29, 0.717) is 33.2 Å². The number of nitrogens with zero attached hydrogens (tertiary/aromatic N) is 1. The molecule has 1 aliphatic rings. The van der Waals surface area contributed by atoms with Crippen molar-refractivity contribution in [1.82, 2.24) is 9.55 Å². The molecule has 0 spiro atoms. The Morgan fingerprint density at radius 2 is 1.32 bits per heavy atom. The third-order valence-electron chi connectivity index (χ3n) is 8.69. The Morgan fingerprint density at radius 3 is 1.73 bits per heavy atom. The molecule has 1 aliphatic heterocycles. The topological polar surface area (TPSA) is 103 Å². The Bertz CT molecular complexity index is 944. The molecule has 37 heavy (non-hydrogen) atoms. The van der Waals surface area contributed by atoms with Crippen molar-refractivity contribution in [1.29, 1.82) is 0 Å². The van der Waals surface area contributed by atoms with E-state index in [1.165, 1.54) is 16.8 Å². The third-order valence-corrected chi connectivity index (χ3v) is 20.9. The first-order valence-electron chi connectivity index (χ1n) is 14.0. The predicted octanol–water partition coefficient (Wildman–Crippen LogP) is 5.55. The van der Waals surface area contributed by atoms with Crippen LogP contribution in [0.1, 0.15) is 89.3 Å². The minimum atomic E-state index is -2.40. The lowest BCUT2D eigenvalue weighted by molar-refractivity contribution is -0.0533. The SMILES string of the molecule is CC(C)[Si](OC[C@H]1O[C@@H](n2ccc(=O)[nH]c2=O)[C@H](O)[C@@H]1O[Si](C(C)C)(C(C)C)C(C)C)(C(C)C)C(C)C. The molecule has 0 aliphatic carbocycles. The molecule has 4 atom stereocenters. The van der Waals surface area contributed by atoms with Gasteiger partial charge >= 0.3 is 5.69 Å². The molecule has 1 fully saturated rings. The molecule has 0 radical (unpaired) electrons. The molecule has 1 aromatic rings. The molecule has 0 unspecified atom stereocenters. The van der Waals surface area contributed by atoms with Gasteiger partial charge in [-0.05, 0) is 33.2 Å². The first-order chi connectivity index (χ1) is 17.0. The zero-order chi connectivity index (χ0) is 28.5. The lowest BCUT2D eigenvalue weighted by Gasteiger charge is -2.46. The standard InChI is InChI=1S/C27H52N2O6Si2/c1-16(2)36(17(3)4,18(5)6)33-15-22-25(35-37(19(7)8,20(9)10)21(11)12)24(31)26(34-22)29-14-13-23(30)28-27(29)32/h13-14,16-22,24-26,31H,15H2,1-12H3,(H,28,30,32)/t22-,24-,25-,26-/m1/s1. The van der Waals surface area contributed by atoms with Crippen LogP contribution >= 0.6 is 0 Å². The second-order valence-electron chi connectivity index (χ2n) is 12.6. The largest absolute Gasteiger partial charge is 0.413 e. The average Bonchev–Trinajstić information content (AvgIpc) is 3.05. The van der Waals surface area contributed by atoms with Crippen LogP contribution in [-0.2, 0) is 13.6 Å². The minimum Gasteiger partial charge on any atom is -0.413 e. The first-order valence-corrected chi connectivity index (χ1v) is 18.3. The molecule has 1 saturated heterocycles. The highest BCUT2D eigenvalue weighted by Crippen LogP contribution is 2.47. The number of hydrogen-bond donors (Lipinski definition) is 2. The Balaban J connectivity index is 2.56. The van der Waals surface area contributed by atoms with Gasteiger partial charge in [0.2, 0.25) is 8.32 Å². The summed E-state index contributed by atoms with van der Waals surface area (Å²) >= 11 is 0. The smallest absolute Gasteiger partial charge is 0.330 e. The van der Waals surface area contributed by atoms with Gasteiger partial charge in [-0.25, -0.2) is 4.79 Å². The summed E-state index contributed by atoms with van der Waals surface area (Å²) in [5.41, 5.74) is 1.01. The monoisotopic (exact) mass is 556 g/mol. The number of aliphatic hydroxyl groups excluding tert-OH is 1.